The van der Waals surface area contributed by atoms with E-state index in [0.29, 0.717) is 10.8 Å². The first kappa shape index (κ1) is 12.1. The molecule has 17 heavy (non-hydrogen) atoms. The van der Waals surface area contributed by atoms with Crippen molar-refractivity contribution < 1.29 is 9.59 Å². The summed E-state index contributed by atoms with van der Waals surface area (Å²) in [6.45, 7) is 0.803. The van der Waals surface area contributed by atoms with E-state index in [0.717, 1.165) is 6.54 Å². The third kappa shape index (κ3) is 3.56. The second kappa shape index (κ2) is 5.82. The van der Waals surface area contributed by atoms with Gasteiger partial charge in [0, 0.05) is 6.54 Å². The van der Waals surface area contributed by atoms with Gasteiger partial charge in [-0.1, -0.05) is 12.5 Å². The van der Waals surface area contributed by atoms with Crippen LogP contribution >= 0.6 is 11.3 Å². The van der Waals surface area contributed by atoms with Crippen LogP contribution in [0.15, 0.2) is 17.5 Å². The van der Waals surface area contributed by atoms with E-state index >= 15 is 0 Å². The van der Waals surface area contributed by atoms with Crippen LogP contribution < -0.4 is 10.6 Å². The molecule has 2 N–H and O–H groups in total. The van der Waals surface area contributed by atoms with Crippen LogP contribution in [0.25, 0.3) is 0 Å². The first-order valence-corrected chi connectivity index (χ1v) is 6.72. The molecule has 5 heteroatoms. The molecule has 2 amide bonds. The number of thiophene rings is 1. The fraction of sp³-hybridized carbons (Fsp3) is 0.500. The Bertz CT molecular complexity index is 385. The minimum absolute atomic E-state index is 0.0590. The zero-order chi connectivity index (χ0) is 12.1. The smallest absolute Gasteiger partial charge is 0.261 e. The van der Waals surface area contributed by atoms with Gasteiger partial charge in [-0.3, -0.25) is 9.59 Å². The topological polar surface area (TPSA) is 58.2 Å². The number of nitrogens with one attached hydrogen (secondary N) is 2. The summed E-state index contributed by atoms with van der Waals surface area (Å²) < 4.78 is 0. The largest absolute Gasteiger partial charge is 0.354 e. The molecule has 1 aromatic rings. The van der Waals surface area contributed by atoms with Gasteiger partial charge >= 0.3 is 0 Å². The molecule has 2 rings (SSSR count). The third-order valence-electron chi connectivity index (χ3n) is 2.97. The van der Waals surface area contributed by atoms with E-state index in [1.54, 1.807) is 6.07 Å². The number of rotatable bonds is 5. The standard InChI is InChI=1S/C12H16N2O2S/c15-11(13-7-9-3-1-4-9)8-14-12(16)10-5-2-6-17-10/h2,5-6,9H,1,3-4,7-8H2,(H,13,15)(H,14,16). The molecular formula is C12H16N2O2S. The summed E-state index contributed by atoms with van der Waals surface area (Å²) in [5, 5.41) is 7.28. The lowest BCUT2D eigenvalue weighted by atomic mass is 9.85. The first-order valence-electron chi connectivity index (χ1n) is 5.84. The normalized spacial score (nSPS) is 15.1. The second-order valence-electron chi connectivity index (χ2n) is 4.26. The van der Waals surface area contributed by atoms with Crippen LogP contribution in [0, 0.1) is 5.92 Å². The van der Waals surface area contributed by atoms with Gasteiger partial charge in [0.25, 0.3) is 5.91 Å². The first-order chi connectivity index (χ1) is 8.25. The third-order valence-corrected chi connectivity index (χ3v) is 3.84. The minimum atomic E-state index is -0.182. The number of hydrogen-bond acceptors (Lipinski definition) is 3. The molecule has 0 radical (unpaired) electrons. The van der Waals surface area contributed by atoms with E-state index in [-0.39, 0.29) is 18.4 Å². The van der Waals surface area contributed by atoms with Gasteiger partial charge in [-0.2, -0.15) is 0 Å². The van der Waals surface area contributed by atoms with Gasteiger partial charge in [0.1, 0.15) is 0 Å². The van der Waals surface area contributed by atoms with Gasteiger partial charge in [0.05, 0.1) is 11.4 Å². The fourth-order valence-corrected chi connectivity index (χ4v) is 2.31. The molecule has 1 heterocycles. The van der Waals surface area contributed by atoms with Crippen molar-refractivity contribution in [2.75, 3.05) is 13.1 Å². The number of hydrogen-bond donors (Lipinski definition) is 2. The lowest BCUT2D eigenvalue weighted by Crippen LogP contribution is -2.39. The van der Waals surface area contributed by atoms with Crippen LogP contribution in [-0.4, -0.2) is 24.9 Å². The summed E-state index contributed by atoms with van der Waals surface area (Å²) in [4.78, 5) is 23.6. The molecule has 1 aliphatic carbocycles. The van der Waals surface area contributed by atoms with E-state index in [1.165, 1.54) is 30.6 Å². The van der Waals surface area contributed by atoms with Gasteiger partial charge in [-0.15, -0.1) is 11.3 Å². The van der Waals surface area contributed by atoms with Gasteiger partial charge < -0.3 is 10.6 Å². The van der Waals surface area contributed by atoms with Crippen molar-refractivity contribution in [2.45, 2.75) is 19.3 Å². The zero-order valence-corrected chi connectivity index (χ0v) is 10.4. The number of carbonyl (C=O) groups is 2. The highest BCUT2D eigenvalue weighted by molar-refractivity contribution is 7.12. The van der Waals surface area contributed by atoms with Gasteiger partial charge in [0.2, 0.25) is 5.91 Å². The van der Waals surface area contributed by atoms with E-state index in [2.05, 4.69) is 10.6 Å². The molecule has 0 aromatic carbocycles. The average molecular weight is 252 g/mol. The molecular weight excluding hydrogens is 236 g/mol. The fourth-order valence-electron chi connectivity index (χ4n) is 1.67. The summed E-state index contributed by atoms with van der Waals surface area (Å²) in [6.07, 6.45) is 3.69. The average Bonchev–Trinajstić information content (AvgIpc) is 2.77. The number of carbonyl (C=O) groups excluding carboxylic acids is 2. The highest BCUT2D eigenvalue weighted by Crippen LogP contribution is 2.24. The molecule has 0 bridgehead atoms. The molecule has 92 valence electrons. The molecule has 0 aliphatic heterocycles. The summed E-state index contributed by atoms with van der Waals surface area (Å²) in [5.41, 5.74) is 0. The molecule has 1 aliphatic rings. The Morgan fingerprint density at radius 2 is 2.18 bits per heavy atom. The Balaban J connectivity index is 1.63. The predicted molar refractivity (Wildman–Crippen MR) is 67.0 cm³/mol. The van der Waals surface area contributed by atoms with Crippen LogP contribution in [0.1, 0.15) is 28.9 Å². The zero-order valence-electron chi connectivity index (χ0n) is 9.57. The van der Waals surface area contributed by atoms with Crippen LogP contribution in [0.2, 0.25) is 0 Å². The Morgan fingerprint density at radius 1 is 1.35 bits per heavy atom. The van der Waals surface area contributed by atoms with Crippen molar-refractivity contribution in [3.05, 3.63) is 22.4 Å². The minimum Gasteiger partial charge on any atom is -0.354 e. The highest BCUT2D eigenvalue weighted by atomic mass is 32.1. The van der Waals surface area contributed by atoms with Crippen LogP contribution in [0.4, 0.5) is 0 Å². The monoisotopic (exact) mass is 252 g/mol. The summed E-state index contributed by atoms with van der Waals surface area (Å²) in [6, 6.07) is 3.56. The maximum atomic E-state index is 11.5. The van der Waals surface area contributed by atoms with Crippen molar-refractivity contribution in [3.8, 4) is 0 Å². The molecule has 0 atom stereocenters. The number of amides is 2. The van der Waals surface area contributed by atoms with E-state index < -0.39 is 0 Å². The van der Waals surface area contributed by atoms with Crippen molar-refractivity contribution in [3.63, 3.8) is 0 Å². The Hall–Kier alpha value is -1.36. The van der Waals surface area contributed by atoms with Crippen molar-refractivity contribution in [1.29, 1.82) is 0 Å². The molecule has 4 nitrogen and oxygen atoms in total. The molecule has 1 saturated carbocycles. The second-order valence-corrected chi connectivity index (χ2v) is 5.21. The van der Waals surface area contributed by atoms with Crippen LogP contribution in [0.3, 0.4) is 0 Å². The molecule has 0 saturated heterocycles. The van der Waals surface area contributed by atoms with Crippen molar-refractivity contribution in [1.82, 2.24) is 10.6 Å². The van der Waals surface area contributed by atoms with Crippen molar-refractivity contribution >= 4 is 23.2 Å². The van der Waals surface area contributed by atoms with Gasteiger partial charge in [-0.05, 0) is 30.2 Å². The van der Waals surface area contributed by atoms with Crippen LogP contribution in [-0.2, 0) is 4.79 Å². The summed E-state index contributed by atoms with van der Waals surface area (Å²) in [7, 11) is 0. The maximum absolute atomic E-state index is 11.5. The van der Waals surface area contributed by atoms with Gasteiger partial charge in [-0.25, -0.2) is 0 Å². The Kier molecular flexibility index (Phi) is 4.14. The molecule has 0 spiro atoms. The maximum Gasteiger partial charge on any atom is 0.261 e. The predicted octanol–water partition coefficient (Wildman–Crippen LogP) is 1.39. The Morgan fingerprint density at radius 3 is 2.76 bits per heavy atom. The Labute approximate surface area is 104 Å². The summed E-state index contributed by atoms with van der Waals surface area (Å²) >= 11 is 1.37. The lowest BCUT2D eigenvalue weighted by molar-refractivity contribution is -0.120. The van der Waals surface area contributed by atoms with Crippen LogP contribution in [0.5, 0.6) is 0 Å². The highest BCUT2D eigenvalue weighted by Gasteiger charge is 2.17. The quantitative estimate of drug-likeness (QED) is 0.832. The van der Waals surface area contributed by atoms with Gasteiger partial charge in [0.15, 0.2) is 0 Å². The molecule has 1 aromatic heterocycles. The van der Waals surface area contributed by atoms with E-state index in [4.69, 9.17) is 0 Å². The summed E-state index contributed by atoms with van der Waals surface area (Å²) in [5.74, 6) is 0.354. The lowest BCUT2D eigenvalue weighted by Gasteiger charge is -2.25. The molecule has 1 fully saturated rings. The molecule has 0 unspecified atom stereocenters. The van der Waals surface area contributed by atoms with Crippen molar-refractivity contribution in [2.24, 2.45) is 5.92 Å². The SMILES string of the molecule is O=C(CNC(=O)c1cccs1)NCC1CCC1. The van der Waals surface area contributed by atoms with E-state index in [1.807, 2.05) is 11.4 Å². The van der Waals surface area contributed by atoms with E-state index in [9.17, 15) is 9.59 Å².